The Labute approximate surface area is 114 Å². The van der Waals surface area contributed by atoms with Gasteiger partial charge in [-0.3, -0.25) is 9.59 Å². The lowest BCUT2D eigenvalue weighted by Crippen LogP contribution is -2.17. The third-order valence-corrected chi connectivity index (χ3v) is 3.40. The fourth-order valence-electron chi connectivity index (χ4n) is 2.46. The van der Waals surface area contributed by atoms with E-state index in [1.807, 2.05) is 0 Å². The number of rotatable bonds is 7. The number of carbonyl (C=O) groups is 2. The van der Waals surface area contributed by atoms with Gasteiger partial charge in [-0.1, -0.05) is 26.2 Å². The number of carboxylic acid groups (broad SMARTS) is 1. The van der Waals surface area contributed by atoms with Crippen LogP contribution >= 0.6 is 0 Å². The molecule has 0 heterocycles. The van der Waals surface area contributed by atoms with Gasteiger partial charge in [0.1, 0.15) is 5.78 Å². The SMILES string of the molecule is CCCCCC1C(=O)CCC1CC(=O)O.OCCO. The minimum absolute atomic E-state index is 0.0349. The lowest BCUT2D eigenvalue weighted by molar-refractivity contribution is -0.138. The maximum Gasteiger partial charge on any atom is 0.303 e. The van der Waals surface area contributed by atoms with Crippen LogP contribution in [-0.4, -0.2) is 40.3 Å². The van der Waals surface area contributed by atoms with E-state index in [2.05, 4.69) is 6.92 Å². The lowest BCUT2D eigenvalue weighted by Gasteiger charge is -2.15. The first-order valence-electron chi connectivity index (χ1n) is 7.03. The zero-order chi connectivity index (χ0) is 14.7. The van der Waals surface area contributed by atoms with Crippen molar-refractivity contribution >= 4 is 11.8 Å². The van der Waals surface area contributed by atoms with Crippen molar-refractivity contribution in [3.05, 3.63) is 0 Å². The van der Waals surface area contributed by atoms with Crippen molar-refractivity contribution in [2.45, 2.75) is 51.9 Å². The predicted molar refractivity (Wildman–Crippen MR) is 71.8 cm³/mol. The Morgan fingerprint density at radius 1 is 1.26 bits per heavy atom. The number of Topliss-reactive ketones (excluding diaryl/α,β-unsaturated/α-hetero) is 1. The summed E-state index contributed by atoms with van der Waals surface area (Å²) in [5.74, 6) is -0.341. The molecule has 0 saturated heterocycles. The number of hydrogen-bond acceptors (Lipinski definition) is 4. The van der Waals surface area contributed by atoms with Crippen LogP contribution in [0.2, 0.25) is 0 Å². The summed E-state index contributed by atoms with van der Waals surface area (Å²) < 4.78 is 0. The number of carbonyl (C=O) groups excluding carboxylic acids is 1. The van der Waals surface area contributed by atoms with Gasteiger partial charge in [0.25, 0.3) is 0 Å². The Balaban J connectivity index is 0.000000711. The summed E-state index contributed by atoms with van der Waals surface area (Å²) in [5, 5.41) is 24.0. The van der Waals surface area contributed by atoms with Crippen molar-refractivity contribution in [2.75, 3.05) is 13.2 Å². The molecule has 0 aromatic heterocycles. The van der Waals surface area contributed by atoms with Gasteiger partial charge in [-0.2, -0.15) is 0 Å². The molecule has 2 atom stereocenters. The van der Waals surface area contributed by atoms with E-state index in [1.54, 1.807) is 0 Å². The van der Waals surface area contributed by atoms with E-state index in [0.29, 0.717) is 6.42 Å². The number of aliphatic carboxylic acids is 1. The molecule has 2 unspecified atom stereocenters. The summed E-state index contributed by atoms with van der Waals surface area (Å²) in [6.45, 7) is 1.88. The smallest absolute Gasteiger partial charge is 0.303 e. The first kappa shape index (κ1) is 18.1. The van der Waals surface area contributed by atoms with Crippen LogP contribution in [0.1, 0.15) is 51.9 Å². The fraction of sp³-hybridized carbons (Fsp3) is 0.857. The molecule has 112 valence electrons. The van der Waals surface area contributed by atoms with Crippen molar-refractivity contribution in [3.63, 3.8) is 0 Å². The Hall–Kier alpha value is -0.940. The van der Waals surface area contributed by atoms with Gasteiger partial charge in [-0.25, -0.2) is 0 Å². The highest BCUT2D eigenvalue weighted by Crippen LogP contribution is 2.34. The molecule has 1 rings (SSSR count). The van der Waals surface area contributed by atoms with Gasteiger partial charge >= 0.3 is 5.97 Å². The van der Waals surface area contributed by atoms with Crippen LogP contribution in [0, 0.1) is 11.8 Å². The van der Waals surface area contributed by atoms with Gasteiger partial charge in [0, 0.05) is 18.8 Å². The maximum absolute atomic E-state index is 11.6. The van der Waals surface area contributed by atoms with Gasteiger partial charge in [0.15, 0.2) is 0 Å². The van der Waals surface area contributed by atoms with E-state index in [-0.39, 0.29) is 37.3 Å². The first-order valence-corrected chi connectivity index (χ1v) is 7.03. The molecular formula is C14H26O5. The van der Waals surface area contributed by atoms with Crippen molar-refractivity contribution < 1.29 is 24.9 Å². The average Bonchev–Trinajstić information content (AvgIpc) is 2.71. The Morgan fingerprint density at radius 3 is 2.37 bits per heavy atom. The van der Waals surface area contributed by atoms with Crippen molar-refractivity contribution in [1.82, 2.24) is 0 Å². The minimum atomic E-state index is -0.768. The molecule has 1 fully saturated rings. The number of ketones is 1. The number of aliphatic hydroxyl groups excluding tert-OH is 2. The van der Waals surface area contributed by atoms with Crippen LogP contribution in [0.4, 0.5) is 0 Å². The second kappa shape index (κ2) is 10.9. The second-order valence-electron chi connectivity index (χ2n) is 4.91. The summed E-state index contributed by atoms with van der Waals surface area (Å²) in [7, 11) is 0. The lowest BCUT2D eigenvalue weighted by atomic mass is 9.88. The summed E-state index contributed by atoms with van der Waals surface area (Å²) in [5.41, 5.74) is 0. The molecule has 0 amide bonds. The summed E-state index contributed by atoms with van der Waals surface area (Å²) >= 11 is 0. The van der Waals surface area contributed by atoms with E-state index in [1.165, 1.54) is 0 Å². The summed E-state index contributed by atoms with van der Waals surface area (Å²) in [4.78, 5) is 22.2. The fourth-order valence-corrected chi connectivity index (χ4v) is 2.46. The highest BCUT2D eigenvalue weighted by atomic mass is 16.4. The van der Waals surface area contributed by atoms with E-state index in [9.17, 15) is 9.59 Å². The maximum atomic E-state index is 11.6. The number of hydrogen-bond donors (Lipinski definition) is 3. The molecule has 0 radical (unpaired) electrons. The second-order valence-corrected chi connectivity index (χ2v) is 4.91. The van der Waals surface area contributed by atoms with Crippen molar-refractivity contribution in [3.8, 4) is 0 Å². The topological polar surface area (TPSA) is 94.8 Å². The molecule has 0 spiro atoms. The van der Waals surface area contributed by atoms with Crippen LogP contribution in [0.25, 0.3) is 0 Å². The van der Waals surface area contributed by atoms with Crippen LogP contribution in [0.3, 0.4) is 0 Å². The van der Waals surface area contributed by atoms with Crippen LogP contribution in [0.15, 0.2) is 0 Å². The van der Waals surface area contributed by atoms with E-state index in [0.717, 1.165) is 32.1 Å². The van der Waals surface area contributed by atoms with Crippen LogP contribution in [-0.2, 0) is 9.59 Å². The molecule has 0 aliphatic heterocycles. The molecular weight excluding hydrogens is 248 g/mol. The first-order chi connectivity index (χ1) is 9.06. The largest absolute Gasteiger partial charge is 0.481 e. The van der Waals surface area contributed by atoms with Crippen molar-refractivity contribution in [1.29, 1.82) is 0 Å². The Kier molecular flexibility index (Phi) is 10.4. The number of carboxylic acids is 1. The number of aliphatic hydroxyl groups is 2. The zero-order valence-corrected chi connectivity index (χ0v) is 11.7. The Bertz CT molecular complexity index is 263. The molecule has 0 aromatic rings. The molecule has 1 saturated carbocycles. The molecule has 19 heavy (non-hydrogen) atoms. The third-order valence-electron chi connectivity index (χ3n) is 3.40. The molecule has 5 heteroatoms. The Morgan fingerprint density at radius 2 is 1.89 bits per heavy atom. The highest BCUT2D eigenvalue weighted by molar-refractivity contribution is 5.84. The molecule has 5 nitrogen and oxygen atoms in total. The molecule has 1 aliphatic carbocycles. The van der Waals surface area contributed by atoms with Gasteiger partial charge in [0.05, 0.1) is 13.2 Å². The van der Waals surface area contributed by atoms with Gasteiger partial charge in [-0.15, -0.1) is 0 Å². The van der Waals surface area contributed by atoms with Gasteiger partial charge in [0.2, 0.25) is 0 Å². The monoisotopic (exact) mass is 274 g/mol. The van der Waals surface area contributed by atoms with Crippen LogP contribution in [0.5, 0.6) is 0 Å². The molecule has 3 N–H and O–H groups in total. The predicted octanol–water partition coefficient (Wildman–Crippen LogP) is 1.61. The normalized spacial score (nSPS) is 21.9. The minimum Gasteiger partial charge on any atom is -0.481 e. The van der Waals surface area contributed by atoms with E-state index >= 15 is 0 Å². The molecule has 0 aromatic carbocycles. The number of unbranched alkanes of at least 4 members (excludes halogenated alkanes) is 2. The van der Waals surface area contributed by atoms with E-state index in [4.69, 9.17) is 15.3 Å². The van der Waals surface area contributed by atoms with Crippen LogP contribution < -0.4 is 0 Å². The van der Waals surface area contributed by atoms with Crippen molar-refractivity contribution in [2.24, 2.45) is 11.8 Å². The third kappa shape index (κ3) is 7.95. The summed E-state index contributed by atoms with van der Waals surface area (Å²) in [6.07, 6.45) is 5.78. The quantitative estimate of drug-likeness (QED) is 0.613. The average molecular weight is 274 g/mol. The summed E-state index contributed by atoms with van der Waals surface area (Å²) in [6, 6.07) is 0. The zero-order valence-electron chi connectivity index (χ0n) is 11.7. The van der Waals surface area contributed by atoms with E-state index < -0.39 is 5.97 Å². The van der Waals surface area contributed by atoms with Gasteiger partial charge < -0.3 is 15.3 Å². The highest BCUT2D eigenvalue weighted by Gasteiger charge is 2.34. The standard InChI is InChI=1S/C12H20O3.C2H6O2/c1-2-3-4-5-10-9(8-12(14)15)6-7-11(10)13;3-1-2-4/h9-10H,2-8H2,1H3,(H,14,15);3-4H,1-2H2. The molecule has 0 bridgehead atoms. The molecule has 1 aliphatic rings. The van der Waals surface area contributed by atoms with Gasteiger partial charge in [-0.05, 0) is 18.8 Å².